The molecule has 2 N–H and O–H groups in total. The Hall–Kier alpha value is -2.02. The van der Waals surface area contributed by atoms with Crippen molar-refractivity contribution in [3.63, 3.8) is 0 Å². The lowest BCUT2D eigenvalue weighted by Gasteiger charge is -2.33. The summed E-state index contributed by atoms with van der Waals surface area (Å²) in [5, 5.41) is 21.0. The largest absolute Gasteiger partial charge is 0.508 e. The van der Waals surface area contributed by atoms with E-state index in [2.05, 4.69) is 11.4 Å². The standard InChI is InChI=1S/C14H16N2O2/c15-10-14(7-1-8-14)13(18)16-9-6-11-2-4-12(17)5-3-11/h2-5,17H,1,6-9H2,(H,16,18). The third-order valence-electron chi connectivity index (χ3n) is 3.49. The van der Waals surface area contributed by atoms with Gasteiger partial charge >= 0.3 is 0 Å². The summed E-state index contributed by atoms with van der Waals surface area (Å²) < 4.78 is 0. The number of benzene rings is 1. The maximum atomic E-state index is 11.8. The van der Waals surface area contributed by atoms with Crippen molar-refractivity contribution in [2.45, 2.75) is 25.7 Å². The number of amides is 1. The molecule has 0 aromatic heterocycles. The van der Waals surface area contributed by atoms with E-state index in [9.17, 15) is 4.79 Å². The molecule has 0 bridgehead atoms. The lowest BCUT2D eigenvalue weighted by atomic mass is 9.69. The Kier molecular flexibility index (Phi) is 3.52. The molecule has 2 rings (SSSR count). The summed E-state index contributed by atoms with van der Waals surface area (Å²) in [7, 11) is 0. The highest BCUT2D eigenvalue weighted by Crippen LogP contribution is 2.40. The number of aromatic hydroxyl groups is 1. The molecule has 0 atom stereocenters. The molecule has 1 aliphatic carbocycles. The van der Waals surface area contributed by atoms with Crippen molar-refractivity contribution in [3.8, 4) is 11.8 Å². The molecule has 94 valence electrons. The van der Waals surface area contributed by atoms with E-state index in [1.807, 2.05) is 12.1 Å². The number of carbonyl (C=O) groups is 1. The van der Waals surface area contributed by atoms with Crippen LogP contribution in [0.4, 0.5) is 0 Å². The average Bonchev–Trinajstić information content (AvgIpc) is 2.31. The zero-order chi connectivity index (χ0) is 13.0. The van der Waals surface area contributed by atoms with Gasteiger partial charge in [0.25, 0.3) is 0 Å². The molecule has 1 saturated carbocycles. The molecule has 0 unspecified atom stereocenters. The third kappa shape index (κ3) is 2.45. The van der Waals surface area contributed by atoms with Crippen molar-refractivity contribution in [1.29, 1.82) is 5.26 Å². The number of rotatable bonds is 4. The van der Waals surface area contributed by atoms with E-state index >= 15 is 0 Å². The Morgan fingerprint density at radius 3 is 2.56 bits per heavy atom. The van der Waals surface area contributed by atoms with Crippen molar-refractivity contribution in [2.75, 3.05) is 6.54 Å². The van der Waals surface area contributed by atoms with Crippen LogP contribution < -0.4 is 5.32 Å². The first kappa shape index (κ1) is 12.4. The molecule has 0 heterocycles. The van der Waals surface area contributed by atoms with Crippen LogP contribution in [0.1, 0.15) is 24.8 Å². The van der Waals surface area contributed by atoms with Gasteiger partial charge in [-0.1, -0.05) is 12.1 Å². The number of nitrogens with one attached hydrogen (secondary N) is 1. The Bertz CT molecular complexity index is 470. The Labute approximate surface area is 106 Å². The van der Waals surface area contributed by atoms with Crippen molar-refractivity contribution in [2.24, 2.45) is 5.41 Å². The van der Waals surface area contributed by atoms with Gasteiger partial charge in [-0.25, -0.2) is 0 Å². The molecule has 0 aliphatic heterocycles. The molecule has 0 radical (unpaired) electrons. The summed E-state index contributed by atoms with van der Waals surface area (Å²) in [5.74, 6) is 0.0933. The van der Waals surface area contributed by atoms with E-state index in [4.69, 9.17) is 10.4 Å². The predicted molar refractivity (Wildman–Crippen MR) is 66.7 cm³/mol. The predicted octanol–water partition coefficient (Wildman–Crippen LogP) is 1.74. The number of hydrogen-bond donors (Lipinski definition) is 2. The Morgan fingerprint density at radius 1 is 1.39 bits per heavy atom. The first-order chi connectivity index (χ1) is 8.66. The number of nitriles is 1. The van der Waals surface area contributed by atoms with E-state index in [0.717, 1.165) is 12.0 Å². The quantitative estimate of drug-likeness (QED) is 0.847. The van der Waals surface area contributed by atoms with Gasteiger partial charge in [-0.15, -0.1) is 0 Å². The van der Waals surface area contributed by atoms with Gasteiger partial charge in [0, 0.05) is 6.54 Å². The summed E-state index contributed by atoms with van der Waals surface area (Å²) in [5.41, 5.74) is 0.280. The summed E-state index contributed by atoms with van der Waals surface area (Å²) in [4.78, 5) is 11.8. The molecule has 0 spiro atoms. The van der Waals surface area contributed by atoms with E-state index in [0.29, 0.717) is 25.8 Å². The lowest BCUT2D eigenvalue weighted by molar-refractivity contribution is -0.131. The van der Waals surface area contributed by atoms with Gasteiger partial charge in [-0.3, -0.25) is 4.79 Å². The monoisotopic (exact) mass is 244 g/mol. The molecular formula is C14H16N2O2. The molecule has 0 saturated heterocycles. The van der Waals surface area contributed by atoms with Gasteiger partial charge < -0.3 is 10.4 Å². The van der Waals surface area contributed by atoms with Crippen LogP contribution in [0.25, 0.3) is 0 Å². The molecule has 1 aliphatic rings. The van der Waals surface area contributed by atoms with Crippen LogP contribution in [0.3, 0.4) is 0 Å². The van der Waals surface area contributed by atoms with Crippen molar-refractivity contribution in [3.05, 3.63) is 29.8 Å². The molecule has 18 heavy (non-hydrogen) atoms. The van der Waals surface area contributed by atoms with Crippen LogP contribution in [0.2, 0.25) is 0 Å². The zero-order valence-corrected chi connectivity index (χ0v) is 10.1. The van der Waals surface area contributed by atoms with Crippen LogP contribution >= 0.6 is 0 Å². The van der Waals surface area contributed by atoms with Gasteiger partial charge in [0.2, 0.25) is 5.91 Å². The molecular weight excluding hydrogens is 228 g/mol. The Balaban J connectivity index is 1.80. The molecule has 1 aromatic rings. The zero-order valence-electron chi connectivity index (χ0n) is 10.1. The maximum absolute atomic E-state index is 11.8. The molecule has 1 aromatic carbocycles. The second kappa shape index (κ2) is 5.09. The van der Waals surface area contributed by atoms with Crippen molar-refractivity contribution >= 4 is 5.91 Å². The van der Waals surface area contributed by atoms with Crippen LogP contribution in [-0.4, -0.2) is 17.6 Å². The first-order valence-electron chi connectivity index (χ1n) is 6.14. The maximum Gasteiger partial charge on any atom is 0.240 e. The Morgan fingerprint density at radius 2 is 2.06 bits per heavy atom. The van der Waals surface area contributed by atoms with Crippen LogP contribution in [0.15, 0.2) is 24.3 Å². The summed E-state index contributed by atoms with van der Waals surface area (Å²) in [6.07, 6.45) is 3.01. The summed E-state index contributed by atoms with van der Waals surface area (Å²) in [6.45, 7) is 0.521. The number of nitrogens with zero attached hydrogens (tertiary/aromatic N) is 1. The minimum Gasteiger partial charge on any atom is -0.508 e. The highest BCUT2D eigenvalue weighted by atomic mass is 16.3. The lowest BCUT2D eigenvalue weighted by Crippen LogP contribution is -2.45. The topological polar surface area (TPSA) is 73.1 Å². The smallest absolute Gasteiger partial charge is 0.240 e. The number of phenolic OH excluding ortho intramolecular Hbond substituents is 1. The van der Waals surface area contributed by atoms with Gasteiger partial charge in [0.1, 0.15) is 11.2 Å². The van der Waals surface area contributed by atoms with Crippen molar-refractivity contribution in [1.82, 2.24) is 5.32 Å². The van der Waals surface area contributed by atoms with Gasteiger partial charge in [-0.2, -0.15) is 5.26 Å². The fourth-order valence-corrected chi connectivity index (χ4v) is 2.07. The summed E-state index contributed by atoms with van der Waals surface area (Å²) >= 11 is 0. The van der Waals surface area contributed by atoms with E-state index in [1.165, 1.54) is 0 Å². The highest BCUT2D eigenvalue weighted by molar-refractivity contribution is 5.86. The first-order valence-corrected chi connectivity index (χ1v) is 6.14. The third-order valence-corrected chi connectivity index (χ3v) is 3.49. The van der Waals surface area contributed by atoms with Crippen LogP contribution in [-0.2, 0) is 11.2 Å². The fraction of sp³-hybridized carbons (Fsp3) is 0.429. The van der Waals surface area contributed by atoms with E-state index < -0.39 is 5.41 Å². The average molecular weight is 244 g/mol. The number of carbonyl (C=O) groups excluding carboxylic acids is 1. The normalized spacial score (nSPS) is 16.4. The molecule has 4 heteroatoms. The van der Waals surface area contributed by atoms with E-state index in [1.54, 1.807) is 12.1 Å². The molecule has 1 amide bonds. The minimum atomic E-state index is -0.769. The van der Waals surface area contributed by atoms with Crippen LogP contribution in [0.5, 0.6) is 5.75 Å². The fourth-order valence-electron chi connectivity index (χ4n) is 2.07. The van der Waals surface area contributed by atoms with Crippen LogP contribution in [0, 0.1) is 16.7 Å². The van der Waals surface area contributed by atoms with Crippen molar-refractivity contribution < 1.29 is 9.90 Å². The van der Waals surface area contributed by atoms with E-state index in [-0.39, 0.29) is 11.7 Å². The molecule has 1 fully saturated rings. The second-order valence-corrected chi connectivity index (χ2v) is 4.72. The number of hydrogen-bond acceptors (Lipinski definition) is 3. The van der Waals surface area contributed by atoms with Gasteiger partial charge in [0.05, 0.1) is 6.07 Å². The highest BCUT2D eigenvalue weighted by Gasteiger charge is 2.44. The summed E-state index contributed by atoms with van der Waals surface area (Å²) in [6, 6.07) is 9.02. The number of phenols is 1. The SMILES string of the molecule is N#CC1(C(=O)NCCc2ccc(O)cc2)CCC1. The molecule has 4 nitrogen and oxygen atoms in total. The van der Waals surface area contributed by atoms with Gasteiger partial charge in [0.15, 0.2) is 0 Å². The van der Waals surface area contributed by atoms with Gasteiger partial charge in [-0.05, 0) is 43.4 Å². The second-order valence-electron chi connectivity index (χ2n) is 4.72. The minimum absolute atomic E-state index is 0.143.